The number of nitrogens with one attached hydrogen (secondary N) is 1. The first kappa shape index (κ1) is 17.9. The zero-order valence-electron chi connectivity index (χ0n) is 13.3. The van der Waals surface area contributed by atoms with E-state index in [2.05, 4.69) is 4.72 Å². The average molecular weight is 342 g/mol. The van der Waals surface area contributed by atoms with Crippen molar-refractivity contribution in [3.05, 3.63) is 29.6 Å². The van der Waals surface area contributed by atoms with Crippen LogP contribution >= 0.6 is 0 Å². The monoisotopic (exact) mass is 342 g/mol. The summed E-state index contributed by atoms with van der Waals surface area (Å²) in [6.07, 6.45) is 4.16. The van der Waals surface area contributed by atoms with Crippen molar-refractivity contribution in [2.75, 3.05) is 19.6 Å². The minimum Gasteiger partial charge on any atom is -0.343 e. The maximum absolute atomic E-state index is 13.2. The number of halogens is 1. The lowest BCUT2D eigenvalue weighted by Crippen LogP contribution is -2.34. The average Bonchev–Trinajstić information content (AvgIpc) is 2.71. The maximum atomic E-state index is 13.2. The van der Waals surface area contributed by atoms with Crippen LogP contribution in [0.5, 0.6) is 0 Å². The first-order chi connectivity index (χ1) is 10.9. The zero-order valence-corrected chi connectivity index (χ0v) is 14.2. The SMILES string of the molecule is Cc1cc(S(=O)(=O)NCCCN2CCCCCC2=O)ccc1F. The van der Waals surface area contributed by atoms with Crippen molar-refractivity contribution in [1.82, 2.24) is 9.62 Å². The van der Waals surface area contributed by atoms with Crippen LogP contribution in [0.25, 0.3) is 0 Å². The highest BCUT2D eigenvalue weighted by Gasteiger charge is 2.17. The van der Waals surface area contributed by atoms with E-state index in [4.69, 9.17) is 0 Å². The first-order valence-corrected chi connectivity index (χ1v) is 9.42. The Kier molecular flexibility index (Phi) is 6.12. The number of hydrogen-bond acceptors (Lipinski definition) is 3. The van der Waals surface area contributed by atoms with Crippen LogP contribution in [0.3, 0.4) is 0 Å². The Labute approximate surface area is 136 Å². The van der Waals surface area contributed by atoms with Crippen LogP contribution in [0, 0.1) is 12.7 Å². The van der Waals surface area contributed by atoms with Crippen LogP contribution in [0.2, 0.25) is 0 Å². The minimum absolute atomic E-state index is 0.0576. The van der Waals surface area contributed by atoms with Gasteiger partial charge in [0.1, 0.15) is 5.82 Å². The molecule has 1 amide bonds. The van der Waals surface area contributed by atoms with Crippen molar-refractivity contribution in [2.24, 2.45) is 0 Å². The third kappa shape index (κ3) is 5.00. The van der Waals surface area contributed by atoms with E-state index in [1.807, 2.05) is 4.90 Å². The predicted molar refractivity (Wildman–Crippen MR) is 86.0 cm³/mol. The number of carbonyl (C=O) groups is 1. The number of sulfonamides is 1. The highest BCUT2D eigenvalue weighted by atomic mass is 32.2. The molecule has 0 saturated carbocycles. The van der Waals surface area contributed by atoms with Crippen LogP contribution in [-0.4, -0.2) is 38.9 Å². The second kappa shape index (κ2) is 7.88. The van der Waals surface area contributed by atoms with E-state index in [0.29, 0.717) is 24.9 Å². The number of rotatable bonds is 6. The van der Waals surface area contributed by atoms with Gasteiger partial charge in [-0.2, -0.15) is 0 Å². The molecule has 1 aliphatic heterocycles. The van der Waals surface area contributed by atoms with Gasteiger partial charge in [-0.05, 0) is 49.9 Å². The van der Waals surface area contributed by atoms with E-state index in [0.717, 1.165) is 31.9 Å². The van der Waals surface area contributed by atoms with Crippen LogP contribution in [-0.2, 0) is 14.8 Å². The topological polar surface area (TPSA) is 66.5 Å². The Balaban J connectivity index is 1.84. The number of carbonyl (C=O) groups excluding carboxylic acids is 1. The fraction of sp³-hybridized carbons (Fsp3) is 0.562. The third-order valence-corrected chi connectivity index (χ3v) is 5.47. The Morgan fingerprint density at radius 3 is 2.78 bits per heavy atom. The predicted octanol–water partition coefficient (Wildman–Crippen LogP) is 2.21. The molecule has 1 N–H and O–H groups in total. The highest BCUT2D eigenvalue weighted by molar-refractivity contribution is 7.89. The summed E-state index contributed by atoms with van der Waals surface area (Å²) in [5.41, 5.74) is 0.294. The molecule has 23 heavy (non-hydrogen) atoms. The number of amides is 1. The largest absolute Gasteiger partial charge is 0.343 e. The van der Waals surface area contributed by atoms with Crippen LogP contribution < -0.4 is 4.72 Å². The van der Waals surface area contributed by atoms with Gasteiger partial charge in [-0.3, -0.25) is 4.79 Å². The molecule has 7 heteroatoms. The molecule has 1 heterocycles. The van der Waals surface area contributed by atoms with Gasteiger partial charge >= 0.3 is 0 Å². The van der Waals surface area contributed by atoms with Crippen molar-refractivity contribution in [3.63, 3.8) is 0 Å². The molecule has 5 nitrogen and oxygen atoms in total. The molecule has 0 radical (unpaired) electrons. The van der Waals surface area contributed by atoms with Crippen molar-refractivity contribution >= 4 is 15.9 Å². The Morgan fingerprint density at radius 1 is 1.26 bits per heavy atom. The lowest BCUT2D eigenvalue weighted by atomic mass is 10.2. The lowest BCUT2D eigenvalue weighted by Gasteiger charge is -2.20. The van der Waals surface area contributed by atoms with Crippen LogP contribution in [0.15, 0.2) is 23.1 Å². The quantitative estimate of drug-likeness (QED) is 0.806. The van der Waals surface area contributed by atoms with Gasteiger partial charge in [-0.15, -0.1) is 0 Å². The molecule has 1 aromatic carbocycles. The van der Waals surface area contributed by atoms with Gasteiger partial charge in [0, 0.05) is 26.1 Å². The maximum Gasteiger partial charge on any atom is 0.240 e. The molecule has 0 aromatic heterocycles. The van der Waals surface area contributed by atoms with Gasteiger partial charge in [0.05, 0.1) is 4.90 Å². The summed E-state index contributed by atoms with van der Waals surface area (Å²) in [7, 11) is -3.64. The van der Waals surface area contributed by atoms with Crippen molar-refractivity contribution in [2.45, 2.75) is 43.9 Å². The number of hydrogen-bond donors (Lipinski definition) is 1. The first-order valence-electron chi connectivity index (χ1n) is 7.94. The molecular weight excluding hydrogens is 319 g/mol. The molecule has 0 unspecified atom stereocenters. The van der Waals surface area contributed by atoms with E-state index in [9.17, 15) is 17.6 Å². The van der Waals surface area contributed by atoms with Crippen molar-refractivity contribution < 1.29 is 17.6 Å². The normalized spacial score (nSPS) is 16.4. The van der Waals surface area contributed by atoms with E-state index < -0.39 is 15.8 Å². The summed E-state index contributed by atoms with van der Waals surface area (Å²) < 4.78 is 40.0. The van der Waals surface area contributed by atoms with E-state index in [1.165, 1.54) is 19.1 Å². The summed E-state index contributed by atoms with van der Waals surface area (Å²) >= 11 is 0. The molecule has 0 spiro atoms. The Morgan fingerprint density at radius 2 is 2.04 bits per heavy atom. The molecule has 0 bridgehead atoms. The number of benzene rings is 1. The lowest BCUT2D eigenvalue weighted by molar-refractivity contribution is -0.130. The Bertz CT molecular complexity index is 661. The summed E-state index contributed by atoms with van der Waals surface area (Å²) in [5, 5.41) is 0. The number of likely N-dealkylation sites (tertiary alicyclic amines) is 1. The van der Waals surface area contributed by atoms with Gasteiger partial charge in [0.15, 0.2) is 0 Å². The summed E-state index contributed by atoms with van der Waals surface area (Å²) in [5.74, 6) is -0.275. The summed E-state index contributed by atoms with van der Waals surface area (Å²) in [6.45, 7) is 3.09. The molecule has 1 fully saturated rings. The van der Waals surface area contributed by atoms with Crippen molar-refractivity contribution in [1.29, 1.82) is 0 Å². The molecule has 0 atom stereocenters. The molecule has 1 aliphatic rings. The minimum atomic E-state index is -3.64. The molecular formula is C16H23FN2O3S. The number of nitrogens with zero attached hydrogens (tertiary/aromatic N) is 1. The third-order valence-electron chi connectivity index (χ3n) is 4.01. The van der Waals surface area contributed by atoms with Crippen molar-refractivity contribution in [3.8, 4) is 0 Å². The van der Waals surface area contributed by atoms with E-state index in [-0.39, 0.29) is 17.3 Å². The van der Waals surface area contributed by atoms with Gasteiger partial charge in [0.2, 0.25) is 15.9 Å². The number of aryl methyl sites for hydroxylation is 1. The molecule has 2 rings (SSSR count). The van der Waals surface area contributed by atoms with Gasteiger partial charge in [0.25, 0.3) is 0 Å². The highest BCUT2D eigenvalue weighted by Crippen LogP contribution is 2.14. The Hall–Kier alpha value is -1.47. The molecule has 0 aliphatic carbocycles. The van der Waals surface area contributed by atoms with Gasteiger partial charge in [-0.25, -0.2) is 17.5 Å². The van der Waals surface area contributed by atoms with Gasteiger partial charge in [-0.1, -0.05) is 6.42 Å². The fourth-order valence-electron chi connectivity index (χ4n) is 2.62. The molecule has 1 aromatic rings. The molecule has 1 saturated heterocycles. The van der Waals surface area contributed by atoms with Crippen LogP contribution in [0.4, 0.5) is 4.39 Å². The summed E-state index contributed by atoms with van der Waals surface area (Å²) in [4.78, 5) is 13.7. The van der Waals surface area contributed by atoms with Crippen LogP contribution in [0.1, 0.15) is 37.7 Å². The standard InChI is InChI=1S/C16H23FN2O3S/c1-13-12-14(7-8-15(13)17)23(21,22)18-9-5-11-19-10-4-2-3-6-16(19)20/h7-8,12,18H,2-6,9-11H2,1H3. The van der Waals surface area contributed by atoms with E-state index >= 15 is 0 Å². The fourth-order valence-corrected chi connectivity index (χ4v) is 3.78. The zero-order chi connectivity index (χ0) is 16.9. The smallest absolute Gasteiger partial charge is 0.240 e. The summed E-state index contributed by atoms with van der Waals surface area (Å²) in [6, 6.07) is 3.72. The second-order valence-corrected chi connectivity index (χ2v) is 7.62. The van der Waals surface area contributed by atoms with Gasteiger partial charge < -0.3 is 4.90 Å². The second-order valence-electron chi connectivity index (χ2n) is 5.85. The molecule has 128 valence electrons. The van der Waals surface area contributed by atoms with E-state index in [1.54, 1.807) is 0 Å².